The Kier molecular flexibility index (Phi) is 4.07. The predicted octanol–water partition coefficient (Wildman–Crippen LogP) is 3.79. The van der Waals surface area contributed by atoms with Crippen LogP contribution in [-0.4, -0.2) is 11.5 Å². The molecule has 120 valence electrons. The molecule has 1 N–H and O–H groups in total. The van der Waals surface area contributed by atoms with Crippen LogP contribution in [0.4, 0.5) is 4.39 Å². The van der Waals surface area contributed by atoms with E-state index >= 15 is 0 Å². The van der Waals surface area contributed by atoms with Crippen LogP contribution >= 0.6 is 0 Å². The molecule has 2 aromatic carbocycles. The molecule has 1 unspecified atom stereocenters. The van der Waals surface area contributed by atoms with E-state index in [-0.39, 0.29) is 29.8 Å². The number of carbonyl (C=O) groups excluding carboxylic acids is 1. The summed E-state index contributed by atoms with van der Waals surface area (Å²) in [6.45, 7) is 4.00. The van der Waals surface area contributed by atoms with Crippen LogP contribution in [0.5, 0.6) is 5.75 Å². The van der Waals surface area contributed by atoms with E-state index in [4.69, 9.17) is 4.74 Å². The number of halogens is 1. The van der Waals surface area contributed by atoms with Gasteiger partial charge in [-0.25, -0.2) is 4.39 Å². The number of para-hydroxylation sites is 1. The van der Waals surface area contributed by atoms with E-state index in [1.807, 2.05) is 38.1 Å². The third kappa shape index (κ3) is 3.52. The van der Waals surface area contributed by atoms with Crippen LogP contribution in [-0.2, 0) is 11.2 Å². The Labute approximate surface area is 135 Å². The van der Waals surface area contributed by atoms with Gasteiger partial charge in [0.25, 0.3) is 0 Å². The number of hydrogen-bond donors (Lipinski definition) is 1. The molecular weight excluding hydrogens is 293 g/mol. The van der Waals surface area contributed by atoms with E-state index in [0.29, 0.717) is 12.0 Å². The average molecular weight is 313 g/mol. The first-order valence-electron chi connectivity index (χ1n) is 7.75. The molecule has 0 bridgehead atoms. The van der Waals surface area contributed by atoms with Gasteiger partial charge in [0.2, 0.25) is 5.91 Å². The van der Waals surface area contributed by atoms with Crippen LogP contribution in [0.3, 0.4) is 0 Å². The summed E-state index contributed by atoms with van der Waals surface area (Å²) in [4.78, 5) is 12.3. The molecule has 1 aliphatic rings. The Morgan fingerprint density at radius 2 is 1.91 bits per heavy atom. The first-order chi connectivity index (χ1) is 10.9. The third-order valence-corrected chi connectivity index (χ3v) is 4.02. The number of carbonyl (C=O) groups is 1. The summed E-state index contributed by atoms with van der Waals surface area (Å²) in [5.74, 6) is 0.253. The molecule has 1 heterocycles. The number of rotatable bonds is 3. The number of hydrogen-bond acceptors (Lipinski definition) is 2. The standard InChI is InChI=1S/C19H20FNO2/c1-19(2)12-16(14-8-4-6-10-17(14)23-19)21-18(22)11-13-7-3-5-9-15(13)20/h3-10,16H,11-12H2,1-2H3,(H,21,22). The van der Waals surface area contributed by atoms with Crippen molar-refractivity contribution in [2.75, 3.05) is 0 Å². The molecule has 1 aliphatic heterocycles. The normalized spacial score (nSPS) is 18.7. The summed E-state index contributed by atoms with van der Waals surface area (Å²) >= 11 is 0. The second-order valence-electron chi connectivity index (χ2n) is 6.49. The molecule has 3 nitrogen and oxygen atoms in total. The van der Waals surface area contributed by atoms with Crippen LogP contribution in [0.2, 0.25) is 0 Å². The highest BCUT2D eigenvalue weighted by atomic mass is 19.1. The van der Waals surface area contributed by atoms with Gasteiger partial charge in [0, 0.05) is 12.0 Å². The Balaban J connectivity index is 1.77. The van der Waals surface area contributed by atoms with Gasteiger partial charge >= 0.3 is 0 Å². The van der Waals surface area contributed by atoms with Crippen molar-refractivity contribution in [1.82, 2.24) is 5.32 Å². The number of benzene rings is 2. The Hall–Kier alpha value is -2.36. The van der Waals surface area contributed by atoms with E-state index in [9.17, 15) is 9.18 Å². The lowest BCUT2D eigenvalue weighted by atomic mass is 9.89. The maximum absolute atomic E-state index is 13.7. The molecule has 0 saturated carbocycles. The van der Waals surface area contributed by atoms with E-state index in [1.165, 1.54) is 6.07 Å². The van der Waals surface area contributed by atoms with E-state index < -0.39 is 0 Å². The second kappa shape index (κ2) is 6.03. The number of ether oxygens (including phenoxy) is 1. The quantitative estimate of drug-likeness (QED) is 0.936. The summed E-state index contributed by atoms with van der Waals surface area (Å²) in [6, 6.07) is 13.9. The molecule has 1 atom stereocenters. The van der Waals surface area contributed by atoms with Gasteiger partial charge < -0.3 is 10.1 Å². The van der Waals surface area contributed by atoms with E-state index in [0.717, 1.165) is 11.3 Å². The van der Waals surface area contributed by atoms with Gasteiger partial charge in [-0.15, -0.1) is 0 Å². The highest BCUT2D eigenvalue weighted by Gasteiger charge is 2.34. The first kappa shape index (κ1) is 15.5. The molecule has 4 heteroatoms. The molecular formula is C19H20FNO2. The average Bonchev–Trinajstić information content (AvgIpc) is 2.48. The molecule has 0 fully saturated rings. The van der Waals surface area contributed by atoms with Crippen molar-refractivity contribution in [3.05, 3.63) is 65.5 Å². The zero-order chi connectivity index (χ0) is 16.4. The van der Waals surface area contributed by atoms with Crippen molar-refractivity contribution in [2.24, 2.45) is 0 Å². The van der Waals surface area contributed by atoms with Crippen molar-refractivity contribution in [3.63, 3.8) is 0 Å². The van der Waals surface area contributed by atoms with Gasteiger partial charge in [0.1, 0.15) is 17.2 Å². The summed E-state index contributed by atoms with van der Waals surface area (Å²) in [7, 11) is 0. The minimum Gasteiger partial charge on any atom is -0.487 e. The van der Waals surface area contributed by atoms with Gasteiger partial charge in [-0.3, -0.25) is 4.79 Å². The number of fused-ring (bicyclic) bond motifs is 1. The maximum atomic E-state index is 13.7. The van der Waals surface area contributed by atoms with E-state index in [1.54, 1.807) is 18.2 Å². The van der Waals surface area contributed by atoms with Crippen LogP contribution in [0.15, 0.2) is 48.5 Å². The van der Waals surface area contributed by atoms with Gasteiger partial charge in [0.15, 0.2) is 0 Å². The minimum atomic E-state index is -0.357. The minimum absolute atomic E-state index is 0.0344. The lowest BCUT2D eigenvalue weighted by Crippen LogP contribution is -2.41. The molecule has 3 rings (SSSR count). The van der Waals surface area contributed by atoms with Crippen molar-refractivity contribution in [3.8, 4) is 5.75 Å². The number of nitrogens with one attached hydrogen (secondary N) is 1. The summed E-state index contributed by atoms with van der Waals surface area (Å²) in [6.07, 6.45) is 0.708. The largest absolute Gasteiger partial charge is 0.487 e. The smallest absolute Gasteiger partial charge is 0.225 e. The lowest BCUT2D eigenvalue weighted by Gasteiger charge is -2.37. The van der Waals surface area contributed by atoms with Crippen LogP contribution in [0.25, 0.3) is 0 Å². The summed E-state index contributed by atoms with van der Waals surface area (Å²) in [5.41, 5.74) is 1.02. The van der Waals surface area contributed by atoms with Gasteiger partial charge in [-0.2, -0.15) is 0 Å². The lowest BCUT2D eigenvalue weighted by molar-refractivity contribution is -0.121. The first-order valence-corrected chi connectivity index (χ1v) is 7.75. The van der Waals surface area contributed by atoms with Crippen LogP contribution < -0.4 is 10.1 Å². The monoisotopic (exact) mass is 313 g/mol. The number of amides is 1. The highest BCUT2D eigenvalue weighted by molar-refractivity contribution is 5.79. The van der Waals surface area contributed by atoms with Gasteiger partial charge in [0.05, 0.1) is 12.5 Å². The molecule has 0 saturated heterocycles. The fourth-order valence-electron chi connectivity index (χ4n) is 2.99. The zero-order valence-electron chi connectivity index (χ0n) is 13.3. The van der Waals surface area contributed by atoms with Crippen LogP contribution in [0, 0.1) is 5.82 Å². The zero-order valence-corrected chi connectivity index (χ0v) is 13.3. The maximum Gasteiger partial charge on any atom is 0.225 e. The Morgan fingerprint density at radius 1 is 1.22 bits per heavy atom. The summed E-state index contributed by atoms with van der Waals surface area (Å²) in [5, 5.41) is 3.02. The molecule has 1 amide bonds. The van der Waals surface area contributed by atoms with Crippen molar-refractivity contribution in [1.29, 1.82) is 0 Å². The van der Waals surface area contributed by atoms with Crippen molar-refractivity contribution >= 4 is 5.91 Å². The molecule has 0 spiro atoms. The Bertz CT molecular complexity index is 727. The molecule has 0 aromatic heterocycles. The van der Waals surface area contributed by atoms with Crippen molar-refractivity contribution in [2.45, 2.75) is 38.3 Å². The molecule has 23 heavy (non-hydrogen) atoms. The Morgan fingerprint density at radius 3 is 2.70 bits per heavy atom. The fourth-order valence-corrected chi connectivity index (χ4v) is 2.99. The topological polar surface area (TPSA) is 38.3 Å². The van der Waals surface area contributed by atoms with Gasteiger partial charge in [-0.05, 0) is 31.5 Å². The van der Waals surface area contributed by atoms with Gasteiger partial charge in [-0.1, -0.05) is 36.4 Å². The fraction of sp³-hybridized carbons (Fsp3) is 0.316. The molecule has 0 aliphatic carbocycles. The molecule has 0 radical (unpaired) electrons. The van der Waals surface area contributed by atoms with E-state index in [2.05, 4.69) is 5.32 Å². The third-order valence-electron chi connectivity index (χ3n) is 4.02. The SMILES string of the molecule is CC1(C)CC(NC(=O)Cc2ccccc2F)c2ccccc2O1. The molecule has 2 aromatic rings. The predicted molar refractivity (Wildman–Crippen MR) is 86.8 cm³/mol. The van der Waals surface area contributed by atoms with Crippen LogP contribution in [0.1, 0.15) is 37.4 Å². The van der Waals surface area contributed by atoms with Crippen molar-refractivity contribution < 1.29 is 13.9 Å². The highest BCUT2D eigenvalue weighted by Crippen LogP contribution is 2.39. The summed E-state index contributed by atoms with van der Waals surface area (Å²) < 4.78 is 19.6. The second-order valence-corrected chi connectivity index (χ2v) is 6.49.